The summed E-state index contributed by atoms with van der Waals surface area (Å²) in [6, 6.07) is 5.33. The second-order valence-corrected chi connectivity index (χ2v) is 4.69. The van der Waals surface area contributed by atoms with E-state index in [1.807, 2.05) is 6.08 Å². The zero-order chi connectivity index (χ0) is 14.0. The van der Waals surface area contributed by atoms with Gasteiger partial charge in [-0.1, -0.05) is 6.07 Å². The van der Waals surface area contributed by atoms with Crippen LogP contribution in [0, 0.1) is 5.92 Å². The van der Waals surface area contributed by atoms with E-state index in [1.54, 1.807) is 18.0 Å². The molecule has 1 heterocycles. The Hall–Kier alpha value is -1.85. The molecular weight excluding hydrogens is 255 g/mol. The number of alkyl halides is 3. The molecule has 104 valence electrons. The highest BCUT2D eigenvalue weighted by molar-refractivity contribution is 5.48. The molecule has 1 atom stereocenters. The summed E-state index contributed by atoms with van der Waals surface area (Å²) in [6.45, 7) is 1.34. The van der Waals surface area contributed by atoms with E-state index in [2.05, 4.69) is 5.32 Å². The van der Waals surface area contributed by atoms with Crippen LogP contribution in [-0.2, 0) is 6.18 Å². The number of nitrogens with one attached hydrogen (secondary N) is 1. The van der Waals surface area contributed by atoms with Gasteiger partial charge < -0.3 is 16.0 Å². The summed E-state index contributed by atoms with van der Waals surface area (Å²) < 4.78 is 37.9. The van der Waals surface area contributed by atoms with Crippen LogP contribution in [0.5, 0.6) is 0 Å². The summed E-state index contributed by atoms with van der Waals surface area (Å²) in [6.07, 6.45) is -2.42. The quantitative estimate of drug-likeness (QED) is 0.885. The van der Waals surface area contributed by atoms with E-state index in [0.717, 1.165) is 18.7 Å². The minimum atomic E-state index is -4.31. The zero-order valence-electron chi connectivity index (χ0n) is 10.5. The number of benzene rings is 1. The van der Waals surface area contributed by atoms with Crippen LogP contribution in [0.25, 0.3) is 0 Å². The smallest absolute Gasteiger partial charge is 0.386 e. The molecule has 0 unspecified atom stereocenters. The van der Waals surface area contributed by atoms with Gasteiger partial charge in [0.15, 0.2) is 0 Å². The number of hydrogen-bond donors (Lipinski definition) is 2. The van der Waals surface area contributed by atoms with E-state index in [4.69, 9.17) is 5.73 Å². The summed E-state index contributed by atoms with van der Waals surface area (Å²) in [4.78, 5) is 1.80. The number of halogens is 3. The maximum atomic E-state index is 12.6. The van der Waals surface area contributed by atoms with E-state index in [0.29, 0.717) is 18.1 Å². The normalized spacial score (nSPS) is 18.9. The molecule has 0 saturated carbocycles. The topological polar surface area (TPSA) is 41.3 Å². The summed E-state index contributed by atoms with van der Waals surface area (Å²) in [7, 11) is 1.78. The van der Waals surface area contributed by atoms with Crippen molar-refractivity contribution in [3.63, 3.8) is 0 Å². The Kier molecular flexibility index (Phi) is 3.59. The van der Waals surface area contributed by atoms with Gasteiger partial charge in [-0.2, -0.15) is 13.2 Å². The molecule has 3 nitrogen and oxygen atoms in total. The Bertz CT molecular complexity index is 482. The Morgan fingerprint density at radius 1 is 1.42 bits per heavy atom. The molecule has 0 radical (unpaired) electrons. The zero-order valence-corrected chi connectivity index (χ0v) is 10.5. The second-order valence-electron chi connectivity index (χ2n) is 4.69. The van der Waals surface area contributed by atoms with Gasteiger partial charge in [-0.25, -0.2) is 0 Å². The lowest BCUT2D eigenvalue weighted by molar-refractivity contribution is -0.137. The molecule has 1 aliphatic rings. The van der Waals surface area contributed by atoms with Crippen LogP contribution in [0.2, 0.25) is 0 Å². The third-order valence-electron chi connectivity index (χ3n) is 3.11. The summed E-state index contributed by atoms with van der Waals surface area (Å²) in [5, 5.41) is 2.99. The number of anilines is 1. The van der Waals surface area contributed by atoms with Crippen LogP contribution >= 0.6 is 0 Å². The van der Waals surface area contributed by atoms with Crippen LogP contribution in [0.15, 0.2) is 36.2 Å². The van der Waals surface area contributed by atoms with Crippen LogP contribution in [0.1, 0.15) is 5.56 Å². The maximum absolute atomic E-state index is 12.6. The first kappa shape index (κ1) is 13.6. The van der Waals surface area contributed by atoms with Crippen molar-refractivity contribution < 1.29 is 13.2 Å². The fourth-order valence-electron chi connectivity index (χ4n) is 2.11. The molecule has 0 aromatic heterocycles. The van der Waals surface area contributed by atoms with E-state index < -0.39 is 11.7 Å². The fourth-order valence-corrected chi connectivity index (χ4v) is 2.11. The molecule has 1 aliphatic heterocycles. The van der Waals surface area contributed by atoms with Crippen molar-refractivity contribution >= 4 is 5.69 Å². The van der Waals surface area contributed by atoms with Gasteiger partial charge in [0.25, 0.3) is 0 Å². The molecule has 0 spiro atoms. The minimum Gasteiger partial charge on any atom is -0.386 e. The Morgan fingerprint density at radius 2 is 2.16 bits per heavy atom. The number of nitrogens with two attached hydrogens (primary N) is 1. The van der Waals surface area contributed by atoms with Crippen molar-refractivity contribution in [2.45, 2.75) is 6.18 Å². The number of hydrogen-bond acceptors (Lipinski definition) is 3. The fraction of sp³-hybridized carbons (Fsp3) is 0.385. The average Bonchev–Trinajstić information content (AvgIpc) is 2.74. The minimum absolute atomic E-state index is 0.208. The lowest BCUT2D eigenvalue weighted by Gasteiger charge is -2.23. The van der Waals surface area contributed by atoms with Crippen molar-refractivity contribution in [1.29, 1.82) is 0 Å². The first-order chi connectivity index (χ1) is 8.86. The standard InChI is InChI=1S/C13H16F3N3/c1-19(8-9-5-12(17)18-7-9)11-4-2-3-10(6-11)13(14,15)16/h2-6,9,18H,7-8,17H2,1H3/t9-/m0/s1. The summed E-state index contributed by atoms with van der Waals surface area (Å²) in [5.41, 5.74) is 5.52. The number of rotatable bonds is 3. The molecular formula is C13H16F3N3. The molecule has 0 aliphatic carbocycles. The van der Waals surface area contributed by atoms with Crippen molar-refractivity contribution in [2.24, 2.45) is 11.7 Å². The molecule has 19 heavy (non-hydrogen) atoms. The SMILES string of the molecule is CN(C[C@H]1C=C(N)NC1)c1cccc(C(F)(F)F)c1. The highest BCUT2D eigenvalue weighted by atomic mass is 19.4. The highest BCUT2D eigenvalue weighted by Crippen LogP contribution is 2.31. The Labute approximate surface area is 109 Å². The van der Waals surface area contributed by atoms with E-state index >= 15 is 0 Å². The predicted molar refractivity (Wildman–Crippen MR) is 68.5 cm³/mol. The third kappa shape index (κ3) is 3.33. The molecule has 1 aromatic rings. The number of nitrogens with zero attached hydrogens (tertiary/aromatic N) is 1. The molecule has 2 rings (SSSR count). The van der Waals surface area contributed by atoms with Crippen molar-refractivity contribution in [3.8, 4) is 0 Å². The summed E-state index contributed by atoms with van der Waals surface area (Å²) >= 11 is 0. The van der Waals surface area contributed by atoms with Gasteiger partial charge in [0.2, 0.25) is 0 Å². The van der Waals surface area contributed by atoms with Crippen molar-refractivity contribution in [1.82, 2.24) is 5.32 Å². The average molecular weight is 271 g/mol. The monoisotopic (exact) mass is 271 g/mol. The van der Waals surface area contributed by atoms with Gasteiger partial charge in [0, 0.05) is 31.7 Å². The molecule has 6 heteroatoms. The Balaban J connectivity index is 2.09. The van der Waals surface area contributed by atoms with Crippen LogP contribution in [-0.4, -0.2) is 20.1 Å². The lowest BCUT2D eigenvalue weighted by Crippen LogP contribution is -2.27. The van der Waals surface area contributed by atoms with E-state index in [1.165, 1.54) is 6.07 Å². The molecule has 0 bridgehead atoms. The molecule has 3 N–H and O–H groups in total. The van der Waals surface area contributed by atoms with Crippen molar-refractivity contribution in [2.75, 3.05) is 25.0 Å². The maximum Gasteiger partial charge on any atom is 0.416 e. The molecule has 0 amide bonds. The van der Waals surface area contributed by atoms with Gasteiger partial charge >= 0.3 is 6.18 Å². The van der Waals surface area contributed by atoms with E-state index in [-0.39, 0.29) is 5.92 Å². The van der Waals surface area contributed by atoms with Gasteiger partial charge in [-0.15, -0.1) is 0 Å². The van der Waals surface area contributed by atoms with Crippen LogP contribution in [0.3, 0.4) is 0 Å². The molecule has 0 saturated heterocycles. The third-order valence-corrected chi connectivity index (χ3v) is 3.11. The molecule has 1 aromatic carbocycles. The van der Waals surface area contributed by atoms with Crippen LogP contribution in [0.4, 0.5) is 18.9 Å². The largest absolute Gasteiger partial charge is 0.416 e. The molecule has 0 fully saturated rings. The van der Waals surface area contributed by atoms with Gasteiger partial charge in [-0.3, -0.25) is 0 Å². The summed E-state index contributed by atoms with van der Waals surface area (Å²) in [5.74, 6) is 0.835. The van der Waals surface area contributed by atoms with Crippen LogP contribution < -0.4 is 16.0 Å². The van der Waals surface area contributed by atoms with Crippen molar-refractivity contribution in [3.05, 3.63) is 41.7 Å². The first-order valence-electron chi connectivity index (χ1n) is 5.96. The lowest BCUT2D eigenvalue weighted by atomic mass is 10.1. The Morgan fingerprint density at radius 3 is 2.74 bits per heavy atom. The first-order valence-corrected chi connectivity index (χ1v) is 5.96. The van der Waals surface area contributed by atoms with Gasteiger partial charge in [0.1, 0.15) is 0 Å². The predicted octanol–water partition coefficient (Wildman–Crippen LogP) is 2.16. The highest BCUT2D eigenvalue weighted by Gasteiger charge is 2.30. The van der Waals surface area contributed by atoms with Gasteiger partial charge in [-0.05, 0) is 24.3 Å². The van der Waals surface area contributed by atoms with E-state index in [9.17, 15) is 13.2 Å². The van der Waals surface area contributed by atoms with Gasteiger partial charge in [0.05, 0.1) is 11.4 Å². The second kappa shape index (κ2) is 5.03.